The summed E-state index contributed by atoms with van der Waals surface area (Å²) >= 11 is 0.655. The average molecular weight is 820 g/mol. The zero-order chi connectivity index (χ0) is 40.8. The predicted molar refractivity (Wildman–Crippen MR) is 167 cm³/mol. The van der Waals surface area contributed by atoms with Crippen molar-refractivity contribution in [2.75, 3.05) is 29.4 Å². The van der Waals surface area contributed by atoms with Gasteiger partial charge in [0.1, 0.15) is 23.0 Å². The van der Waals surface area contributed by atoms with Gasteiger partial charge in [0.15, 0.2) is 29.5 Å². The van der Waals surface area contributed by atoms with E-state index < -0.39 is 105 Å². The van der Waals surface area contributed by atoms with Crippen LogP contribution in [0.2, 0.25) is 0 Å². The molecule has 0 fully saturated rings. The lowest BCUT2D eigenvalue weighted by Crippen LogP contribution is -2.29. The van der Waals surface area contributed by atoms with Crippen molar-refractivity contribution in [3.05, 3.63) is 79.3 Å². The van der Waals surface area contributed by atoms with E-state index in [1.165, 1.54) is 32.2 Å². The smallest absolute Gasteiger partial charge is 0.368 e. The van der Waals surface area contributed by atoms with Crippen LogP contribution in [0.3, 0.4) is 0 Å². The van der Waals surface area contributed by atoms with Crippen LogP contribution in [0.4, 0.5) is 64.1 Å². The van der Waals surface area contributed by atoms with Crippen LogP contribution in [0.15, 0.2) is 57.1 Å². The van der Waals surface area contributed by atoms with Crippen LogP contribution in [0, 0.1) is 22.7 Å². The van der Waals surface area contributed by atoms with Gasteiger partial charge >= 0.3 is 24.7 Å². The number of anilines is 2. The Hall–Kier alpha value is -4.29. The fourth-order valence-corrected chi connectivity index (χ4v) is 5.96. The molecule has 288 valence electrons. The van der Waals surface area contributed by atoms with Crippen molar-refractivity contribution in [2.24, 2.45) is 0 Å². The molecule has 2 aromatic rings. The van der Waals surface area contributed by atoms with E-state index in [1.807, 2.05) is 0 Å². The molecule has 2 rings (SSSR count). The van der Waals surface area contributed by atoms with Crippen molar-refractivity contribution >= 4 is 42.8 Å². The number of alkyl halides is 12. The normalized spacial score (nSPS) is 13.8. The minimum Gasteiger partial charge on any atom is -0.368 e. The second kappa shape index (κ2) is 16.6. The summed E-state index contributed by atoms with van der Waals surface area (Å²) in [6.45, 7) is 3.07. The Morgan fingerprint density at radius 2 is 0.923 bits per heavy atom. The van der Waals surface area contributed by atoms with Gasteiger partial charge in [0.25, 0.3) is 0 Å². The van der Waals surface area contributed by atoms with Gasteiger partial charge in [-0.1, -0.05) is 0 Å². The maximum absolute atomic E-state index is 12.9. The number of hydrogen-bond donors (Lipinski definition) is 3. The lowest BCUT2D eigenvalue weighted by atomic mass is 10.1. The van der Waals surface area contributed by atoms with Crippen LogP contribution in [-0.2, 0) is 44.4 Å². The first-order valence-corrected chi connectivity index (χ1v) is 18.4. The molecule has 0 atom stereocenters. The fourth-order valence-electron chi connectivity index (χ4n) is 3.60. The molecule has 24 heteroatoms. The molecule has 0 saturated heterocycles. The number of nitrogens with zero attached hydrogens (tertiary/aromatic N) is 2. The second-order valence-electron chi connectivity index (χ2n) is 10.5. The number of benzene rings is 2. The van der Waals surface area contributed by atoms with Gasteiger partial charge in [-0.15, -0.1) is 11.8 Å². The molecule has 0 saturated carbocycles. The Labute approximate surface area is 293 Å². The van der Waals surface area contributed by atoms with Crippen molar-refractivity contribution < 1.29 is 69.5 Å². The number of hydrogen-bond acceptors (Lipinski definition) is 10. The van der Waals surface area contributed by atoms with Gasteiger partial charge in [0.2, 0.25) is 0 Å². The molecule has 0 aliphatic carbocycles. The third-order valence-corrected chi connectivity index (χ3v) is 8.64. The van der Waals surface area contributed by atoms with Gasteiger partial charge in [-0.3, -0.25) is 0 Å². The van der Waals surface area contributed by atoms with Crippen LogP contribution in [0.5, 0.6) is 0 Å². The number of thioether (sulfide) groups is 1. The highest BCUT2D eigenvalue weighted by atomic mass is 32.2. The summed E-state index contributed by atoms with van der Waals surface area (Å²) in [5.74, 6) is -0.526. The quantitative estimate of drug-likeness (QED) is 0.167. The van der Waals surface area contributed by atoms with Gasteiger partial charge in [0.05, 0.1) is 22.3 Å². The summed E-state index contributed by atoms with van der Waals surface area (Å²) in [5.41, 5.74) is -7.63. The molecule has 0 aliphatic rings. The molecular weight excluding hydrogens is 795 g/mol. The summed E-state index contributed by atoms with van der Waals surface area (Å²) in [4.78, 5) is -1.66. The monoisotopic (exact) mass is 819 g/mol. The standard InChI is InChI=1S/C15H15F6N3O2S.C13H10F6N2O2S2/c1-8(2)23-13(12(7-22)27(3,25)26)24-11-5-9(14(16,17)18)4-10(6-11)15(19,20)21;1-24-11(10(6-20)25(2,22)23)21-9-4-7(12(14,15)16)3-8(5-9)13(17,18)19/h4-6,8,23-24H,1-3H3;3-5,21H,1-2H3. The highest BCUT2D eigenvalue weighted by Crippen LogP contribution is 2.39. The number of sulfone groups is 2. The zero-order valence-electron chi connectivity index (χ0n) is 26.8. The molecule has 9 nitrogen and oxygen atoms in total. The first kappa shape index (κ1) is 45.7. The Morgan fingerprint density at radius 1 is 0.615 bits per heavy atom. The highest BCUT2D eigenvalue weighted by molar-refractivity contribution is 8.04. The van der Waals surface area contributed by atoms with E-state index in [-0.39, 0.29) is 12.1 Å². The van der Waals surface area contributed by atoms with Crippen LogP contribution in [0.25, 0.3) is 0 Å². The summed E-state index contributed by atoms with van der Waals surface area (Å²) in [6, 6.07) is 3.69. The summed E-state index contributed by atoms with van der Waals surface area (Å²) in [7, 11) is -8.14. The Kier molecular flexibility index (Phi) is 14.6. The van der Waals surface area contributed by atoms with Gasteiger partial charge in [0, 0.05) is 29.9 Å². The Balaban J connectivity index is 0.000000522. The van der Waals surface area contributed by atoms with E-state index in [4.69, 9.17) is 10.5 Å². The lowest BCUT2D eigenvalue weighted by molar-refractivity contribution is -0.144. The van der Waals surface area contributed by atoms with Crippen molar-refractivity contribution in [3.63, 3.8) is 0 Å². The molecule has 0 aliphatic heterocycles. The molecule has 0 aromatic heterocycles. The molecule has 0 spiro atoms. The molecule has 0 bridgehead atoms. The van der Waals surface area contributed by atoms with E-state index in [9.17, 15) is 69.5 Å². The van der Waals surface area contributed by atoms with E-state index in [0.717, 1.165) is 0 Å². The number of halogens is 12. The van der Waals surface area contributed by atoms with Crippen LogP contribution in [-0.4, -0.2) is 41.6 Å². The van der Waals surface area contributed by atoms with Gasteiger partial charge in [-0.2, -0.15) is 63.2 Å². The summed E-state index contributed by atoms with van der Waals surface area (Å²) < 4.78 is 201. The number of nitriles is 2. The van der Waals surface area contributed by atoms with E-state index in [1.54, 1.807) is 0 Å². The maximum atomic E-state index is 12.9. The molecule has 0 heterocycles. The zero-order valence-corrected chi connectivity index (χ0v) is 29.3. The predicted octanol–water partition coefficient (Wildman–Crippen LogP) is 8.11. The maximum Gasteiger partial charge on any atom is 0.416 e. The molecule has 52 heavy (non-hydrogen) atoms. The van der Waals surface area contributed by atoms with Crippen molar-refractivity contribution in [2.45, 2.75) is 44.6 Å². The van der Waals surface area contributed by atoms with Crippen molar-refractivity contribution in [3.8, 4) is 12.1 Å². The molecule has 0 amide bonds. The third-order valence-electron chi connectivity index (χ3n) is 5.72. The number of allylic oxidation sites excluding steroid dienone is 2. The van der Waals surface area contributed by atoms with Crippen LogP contribution in [0.1, 0.15) is 36.1 Å². The molecular formula is C28H25F12N5O4S3. The first-order chi connectivity index (χ1) is 23.2. The SMILES string of the molecule is CC(C)NC(Nc1cc(C(F)(F)F)cc(C(F)(F)F)c1)=C(C#N)S(C)(=O)=O.CSC(Nc1cc(C(F)(F)F)cc(C(F)(F)F)c1)=C(C#N)S(C)(=O)=O. The van der Waals surface area contributed by atoms with E-state index in [0.29, 0.717) is 48.5 Å². The molecule has 3 N–H and O–H groups in total. The molecule has 2 aromatic carbocycles. The Bertz CT molecular complexity index is 1940. The van der Waals surface area contributed by atoms with Crippen LogP contribution < -0.4 is 16.0 Å². The largest absolute Gasteiger partial charge is 0.416 e. The molecule has 0 radical (unpaired) electrons. The van der Waals surface area contributed by atoms with E-state index in [2.05, 4.69) is 16.0 Å². The fraction of sp³-hybridized carbons (Fsp3) is 0.357. The van der Waals surface area contributed by atoms with Gasteiger partial charge in [-0.05, 0) is 56.5 Å². The number of nitrogens with one attached hydrogen (secondary N) is 3. The first-order valence-electron chi connectivity index (χ1n) is 13.4. The van der Waals surface area contributed by atoms with Gasteiger partial charge < -0.3 is 16.0 Å². The minimum atomic E-state index is -5.07. The lowest BCUT2D eigenvalue weighted by Gasteiger charge is -2.20. The minimum absolute atomic E-state index is 0.0601. The van der Waals surface area contributed by atoms with E-state index >= 15 is 0 Å². The number of rotatable bonds is 9. The molecule has 0 unspecified atom stereocenters. The Morgan fingerprint density at radius 3 is 1.15 bits per heavy atom. The van der Waals surface area contributed by atoms with Crippen LogP contribution >= 0.6 is 11.8 Å². The average Bonchev–Trinajstić information content (AvgIpc) is 2.93. The topological polar surface area (TPSA) is 152 Å². The van der Waals surface area contributed by atoms with Crippen molar-refractivity contribution in [1.82, 2.24) is 5.32 Å². The second-order valence-corrected chi connectivity index (χ2v) is 15.2. The summed E-state index contributed by atoms with van der Waals surface area (Å²) in [5, 5.41) is 24.4. The highest BCUT2D eigenvalue weighted by Gasteiger charge is 2.38. The summed E-state index contributed by atoms with van der Waals surface area (Å²) in [6.07, 6.45) is -17.5. The third kappa shape index (κ3) is 13.7. The van der Waals surface area contributed by atoms with Gasteiger partial charge in [-0.25, -0.2) is 16.8 Å². The van der Waals surface area contributed by atoms with Crippen molar-refractivity contribution in [1.29, 1.82) is 10.5 Å².